The van der Waals surface area contributed by atoms with Crippen LogP contribution in [-0.4, -0.2) is 11.9 Å². The molecule has 72 valence electrons. The molecule has 2 nitrogen and oxygen atoms in total. The number of carbonyl (C=O) groups is 1. The zero-order valence-corrected chi connectivity index (χ0v) is 7.96. The molecule has 0 unspecified atom stereocenters. The molecule has 0 bridgehead atoms. The molecule has 1 heterocycles. The van der Waals surface area contributed by atoms with Crippen LogP contribution < -0.4 is 5.32 Å². The largest absolute Gasteiger partial charge is 0.353 e. The quantitative estimate of drug-likeness (QED) is 0.647. The molecule has 0 spiro atoms. The van der Waals surface area contributed by atoms with Crippen molar-refractivity contribution in [3.05, 3.63) is 24.8 Å². The molecule has 1 N–H and O–H groups in total. The van der Waals surface area contributed by atoms with E-state index in [0.29, 0.717) is 6.42 Å². The van der Waals surface area contributed by atoms with Crippen LogP contribution in [-0.2, 0) is 4.79 Å². The molecule has 13 heavy (non-hydrogen) atoms. The summed E-state index contributed by atoms with van der Waals surface area (Å²) in [5.41, 5.74) is 0. The Morgan fingerprint density at radius 1 is 1.54 bits per heavy atom. The molecule has 0 aromatic carbocycles. The molecule has 1 aliphatic rings. The van der Waals surface area contributed by atoms with E-state index in [9.17, 15) is 4.79 Å². The van der Waals surface area contributed by atoms with Crippen molar-refractivity contribution in [2.75, 3.05) is 0 Å². The predicted octanol–water partition coefficient (Wildman–Crippen LogP) is 2.18. The van der Waals surface area contributed by atoms with Crippen molar-refractivity contribution in [3.63, 3.8) is 0 Å². The summed E-state index contributed by atoms with van der Waals surface area (Å²) in [5.74, 6) is 0.165. The zero-order chi connectivity index (χ0) is 9.52. The van der Waals surface area contributed by atoms with Crippen LogP contribution in [0.25, 0.3) is 0 Å². The molecule has 0 aromatic heterocycles. The topological polar surface area (TPSA) is 29.1 Å². The molecule has 1 rings (SSSR count). The van der Waals surface area contributed by atoms with Crippen molar-refractivity contribution in [1.29, 1.82) is 0 Å². The number of rotatable bonds is 2. The van der Waals surface area contributed by atoms with Gasteiger partial charge in [-0.25, -0.2) is 0 Å². The van der Waals surface area contributed by atoms with Gasteiger partial charge in [0.1, 0.15) is 0 Å². The highest BCUT2D eigenvalue weighted by molar-refractivity contribution is 5.76. The fourth-order valence-electron chi connectivity index (χ4n) is 1.50. The minimum absolute atomic E-state index is 0.165. The van der Waals surface area contributed by atoms with E-state index in [1.807, 2.05) is 6.08 Å². The van der Waals surface area contributed by atoms with Gasteiger partial charge in [0, 0.05) is 12.5 Å². The lowest BCUT2D eigenvalue weighted by atomic mass is 10.1. The number of nitrogens with one attached hydrogen (secondary N) is 1. The standard InChI is InChI=1S/C11H17NO/c1-2-7-10-8-5-3-4-6-9-11(13)12-10/h2-4,10H,1,5-9H2,(H,12,13)/b4-3-/t10-/m1/s1. The van der Waals surface area contributed by atoms with Gasteiger partial charge < -0.3 is 5.32 Å². The van der Waals surface area contributed by atoms with Gasteiger partial charge in [0.2, 0.25) is 5.91 Å². The zero-order valence-electron chi connectivity index (χ0n) is 7.96. The monoisotopic (exact) mass is 179 g/mol. The minimum Gasteiger partial charge on any atom is -0.353 e. The van der Waals surface area contributed by atoms with Gasteiger partial charge in [0.15, 0.2) is 0 Å². The number of amides is 1. The van der Waals surface area contributed by atoms with E-state index in [1.54, 1.807) is 0 Å². The van der Waals surface area contributed by atoms with Gasteiger partial charge in [-0.15, -0.1) is 6.58 Å². The van der Waals surface area contributed by atoms with Crippen LogP contribution in [0.2, 0.25) is 0 Å². The Morgan fingerprint density at radius 3 is 3.08 bits per heavy atom. The van der Waals surface area contributed by atoms with E-state index in [1.165, 1.54) is 0 Å². The van der Waals surface area contributed by atoms with Crippen LogP contribution in [0.1, 0.15) is 32.1 Å². The molecule has 1 atom stereocenters. The lowest BCUT2D eigenvalue weighted by molar-refractivity contribution is -0.121. The lowest BCUT2D eigenvalue weighted by Crippen LogP contribution is -2.33. The van der Waals surface area contributed by atoms with Crippen LogP contribution >= 0.6 is 0 Å². The fraction of sp³-hybridized carbons (Fsp3) is 0.545. The predicted molar refractivity (Wildman–Crippen MR) is 54.4 cm³/mol. The highest BCUT2D eigenvalue weighted by Gasteiger charge is 2.10. The number of hydrogen-bond acceptors (Lipinski definition) is 1. The average Bonchev–Trinajstić information content (AvgIpc) is 2.18. The SMILES string of the molecule is C=CC[C@@H]1CC/C=C\CCC(=O)N1. The second-order valence-electron chi connectivity index (χ2n) is 3.38. The number of allylic oxidation sites excluding steroid dienone is 2. The summed E-state index contributed by atoms with van der Waals surface area (Å²) < 4.78 is 0. The van der Waals surface area contributed by atoms with Gasteiger partial charge >= 0.3 is 0 Å². The molecule has 0 radical (unpaired) electrons. The maximum atomic E-state index is 11.3. The molecule has 0 aromatic rings. The highest BCUT2D eigenvalue weighted by Crippen LogP contribution is 2.07. The second-order valence-corrected chi connectivity index (χ2v) is 3.38. The van der Waals surface area contributed by atoms with Crippen LogP contribution in [0.3, 0.4) is 0 Å². The first kappa shape index (κ1) is 10.0. The third-order valence-corrected chi connectivity index (χ3v) is 2.20. The Kier molecular flexibility index (Phi) is 4.30. The second kappa shape index (κ2) is 5.57. The summed E-state index contributed by atoms with van der Waals surface area (Å²) in [6, 6.07) is 0.285. The number of hydrogen-bond donors (Lipinski definition) is 1. The van der Waals surface area contributed by atoms with Crippen molar-refractivity contribution in [1.82, 2.24) is 5.32 Å². The first-order chi connectivity index (χ1) is 6.33. The van der Waals surface area contributed by atoms with Crippen molar-refractivity contribution >= 4 is 5.91 Å². The Balaban J connectivity index is 2.47. The van der Waals surface area contributed by atoms with E-state index >= 15 is 0 Å². The van der Waals surface area contributed by atoms with E-state index in [0.717, 1.165) is 25.7 Å². The van der Waals surface area contributed by atoms with Gasteiger partial charge in [-0.2, -0.15) is 0 Å². The minimum atomic E-state index is 0.165. The van der Waals surface area contributed by atoms with E-state index in [2.05, 4.69) is 24.0 Å². The lowest BCUT2D eigenvalue weighted by Gasteiger charge is -2.15. The molecule has 0 saturated heterocycles. The van der Waals surface area contributed by atoms with Crippen molar-refractivity contribution in [2.24, 2.45) is 0 Å². The molecular formula is C11H17NO. The average molecular weight is 179 g/mol. The summed E-state index contributed by atoms with van der Waals surface area (Å²) in [7, 11) is 0. The Bertz CT molecular complexity index is 208. The Hall–Kier alpha value is -1.05. The summed E-state index contributed by atoms with van der Waals surface area (Å²) in [6.45, 7) is 3.69. The van der Waals surface area contributed by atoms with Crippen molar-refractivity contribution in [2.45, 2.75) is 38.1 Å². The molecule has 2 heteroatoms. The van der Waals surface area contributed by atoms with Gasteiger partial charge in [-0.3, -0.25) is 4.79 Å². The third-order valence-electron chi connectivity index (χ3n) is 2.20. The highest BCUT2D eigenvalue weighted by atomic mass is 16.1. The maximum absolute atomic E-state index is 11.3. The molecule has 0 saturated carbocycles. The molecule has 0 fully saturated rings. The van der Waals surface area contributed by atoms with Crippen LogP contribution in [0.4, 0.5) is 0 Å². The first-order valence-corrected chi connectivity index (χ1v) is 4.88. The van der Waals surface area contributed by atoms with Crippen molar-refractivity contribution < 1.29 is 4.79 Å². The third kappa shape index (κ3) is 3.92. The number of carbonyl (C=O) groups excluding carboxylic acids is 1. The van der Waals surface area contributed by atoms with E-state index < -0.39 is 0 Å². The normalized spacial score (nSPS) is 26.5. The summed E-state index contributed by atoms with van der Waals surface area (Å²) in [5, 5.41) is 3.01. The van der Waals surface area contributed by atoms with Gasteiger partial charge in [-0.1, -0.05) is 18.2 Å². The molecule has 1 aliphatic heterocycles. The molecule has 1 amide bonds. The molecule has 0 aliphatic carbocycles. The van der Waals surface area contributed by atoms with E-state index in [4.69, 9.17) is 0 Å². The molecular weight excluding hydrogens is 162 g/mol. The summed E-state index contributed by atoms with van der Waals surface area (Å²) in [4.78, 5) is 11.3. The smallest absolute Gasteiger partial charge is 0.220 e. The van der Waals surface area contributed by atoms with Crippen LogP contribution in [0.5, 0.6) is 0 Å². The van der Waals surface area contributed by atoms with Crippen LogP contribution in [0.15, 0.2) is 24.8 Å². The first-order valence-electron chi connectivity index (χ1n) is 4.88. The van der Waals surface area contributed by atoms with Gasteiger partial charge in [-0.05, 0) is 25.7 Å². The Labute approximate surface area is 79.7 Å². The Morgan fingerprint density at radius 2 is 2.31 bits per heavy atom. The summed E-state index contributed by atoms with van der Waals surface area (Å²) in [6.07, 6.45) is 10.6. The van der Waals surface area contributed by atoms with Gasteiger partial charge in [0.25, 0.3) is 0 Å². The van der Waals surface area contributed by atoms with Gasteiger partial charge in [0.05, 0.1) is 0 Å². The maximum Gasteiger partial charge on any atom is 0.220 e. The van der Waals surface area contributed by atoms with Crippen molar-refractivity contribution in [3.8, 4) is 0 Å². The summed E-state index contributed by atoms with van der Waals surface area (Å²) >= 11 is 0. The van der Waals surface area contributed by atoms with Crippen LogP contribution in [0, 0.1) is 0 Å². The van der Waals surface area contributed by atoms with E-state index in [-0.39, 0.29) is 11.9 Å². The fourth-order valence-corrected chi connectivity index (χ4v) is 1.50.